The minimum absolute atomic E-state index is 0.0974. The van der Waals surface area contributed by atoms with Crippen LogP contribution in [0.15, 0.2) is 41.6 Å². The smallest absolute Gasteiger partial charge is 0.240 e. The molecule has 2 atom stereocenters. The van der Waals surface area contributed by atoms with Gasteiger partial charge in [0.25, 0.3) is 0 Å². The fraction of sp³-hybridized carbons (Fsp3) is 0.438. The van der Waals surface area contributed by atoms with Gasteiger partial charge in [0.05, 0.1) is 17.2 Å². The highest BCUT2D eigenvalue weighted by Crippen LogP contribution is 2.33. The number of hydrogen-bond donors (Lipinski definition) is 2. The Hall–Kier alpha value is -1.70. The molecule has 0 bridgehead atoms. The zero-order valence-corrected chi connectivity index (χ0v) is 13.8. The van der Waals surface area contributed by atoms with E-state index in [0.717, 1.165) is 24.0 Å². The number of hydrogen-bond acceptors (Lipinski definition) is 4. The van der Waals surface area contributed by atoms with E-state index < -0.39 is 10.0 Å². The van der Waals surface area contributed by atoms with Crippen molar-refractivity contribution in [2.45, 2.75) is 30.8 Å². The van der Waals surface area contributed by atoms with Crippen molar-refractivity contribution < 1.29 is 13.2 Å². The van der Waals surface area contributed by atoms with Gasteiger partial charge in [-0.05, 0) is 31.4 Å². The molecule has 7 heteroatoms. The zero-order chi connectivity index (χ0) is 16.3. The molecule has 23 heavy (non-hydrogen) atoms. The number of nitrogens with one attached hydrogen (secondary N) is 2. The monoisotopic (exact) mass is 335 g/mol. The van der Waals surface area contributed by atoms with Crippen molar-refractivity contribution in [3.63, 3.8) is 0 Å². The summed E-state index contributed by atoms with van der Waals surface area (Å²) < 4.78 is 33.6. The average Bonchev–Trinajstić information content (AvgIpc) is 3.08. The Balaban J connectivity index is 1.72. The summed E-state index contributed by atoms with van der Waals surface area (Å²) in [5.74, 6) is 0.0974. The van der Waals surface area contributed by atoms with Crippen LogP contribution in [0.1, 0.15) is 30.1 Å². The minimum Gasteiger partial charge on any atom is -0.373 e. The third kappa shape index (κ3) is 3.63. The third-order valence-electron chi connectivity index (χ3n) is 4.21. The molecule has 1 aromatic carbocycles. The number of H-pyrrole nitrogens is 1. The van der Waals surface area contributed by atoms with Crippen LogP contribution >= 0.6 is 0 Å². The molecule has 1 saturated heterocycles. The first-order chi connectivity index (χ1) is 11.1. The van der Waals surface area contributed by atoms with E-state index in [-0.39, 0.29) is 12.0 Å². The molecule has 1 aromatic heterocycles. The van der Waals surface area contributed by atoms with Crippen LogP contribution in [0.2, 0.25) is 0 Å². The van der Waals surface area contributed by atoms with E-state index in [2.05, 4.69) is 14.9 Å². The Morgan fingerprint density at radius 2 is 2.22 bits per heavy atom. The highest BCUT2D eigenvalue weighted by molar-refractivity contribution is 7.89. The number of aryl methyl sites for hydroxylation is 1. The largest absolute Gasteiger partial charge is 0.373 e. The molecule has 0 unspecified atom stereocenters. The maximum atomic E-state index is 12.5. The van der Waals surface area contributed by atoms with Gasteiger partial charge in [-0.25, -0.2) is 13.1 Å². The fourth-order valence-corrected chi connectivity index (χ4v) is 4.33. The van der Waals surface area contributed by atoms with Crippen LogP contribution < -0.4 is 4.72 Å². The Kier molecular flexibility index (Phi) is 4.79. The molecule has 2 aromatic rings. The normalized spacial score (nSPS) is 22.1. The quantitative estimate of drug-likeness (QED) is 0.877. The SMILES string of the molecule is Cc1ccccc1S(=O)(=O)NC[C@@H]1CCCO[C@H]1c1cn[nH]c1. The Bertz CT molecular complexity index is 744. The second-order valence-corrected chi connectivity index (χ2v) is 7.58. The summed E-state index contributed by atoms with van der Waals surface area (Å²) in [5.41, 5.74) is 1.70. The molecule has 0 spiro atoms. The molecule has 0 radical (unpaired) electrons. The van der Waals surface area contributed by atoms with E-state index in [1.54, 1.807) is 37.5 Å². The van der Waals surface area contributed by atoms with Gasteiger partial charge in [-0.1, -0.05) is 18.2 Å². The zero-order valence-electron chi connectivity index (χ0n) is 13.0. The van der Waals surface area contributed by atoms with Gasteiger partial charge in [0.15, 0.2) is 0 Å². The number of ether oxygens (including phenoxy) is 1. The molecule has 1 fully saturated rings. The molecule has 0 amide bonds. The standard InChI is InChI=1S/C16H21N3O3S/c1-12-5-2-3-7-15(12)23(20,21)19-11-13-6-4-8-22-16(13)14-9-17-18-10-14/h2-3,5,7,9-10,13,16,19H,4,6,8,11H2,1H3,(H,17,18)/t13-,16+/m0/s1. The number of aromatic amines is 1. The van der Waals surface area contributed by atoms with Crippen LogP contribution in [0.4, 0.5) is 0 Å². The number of benzene rings is 1. The number of aromatic nitrogens is 2. The lowest BCUT2D eigenvalue weighted by Gasteiger charge is -2.31. The van der Waals surface area contributed by atoms with E-state index in [0.29, 0.717) is 18.0 Å². The summed E-state index contributed by atoms with van der Waals surface area (Å²) in [4.78, 5) is 0.330. The van der Waals surface area contributed by atoms with E-state index in [9.17, 15) is 8.42 Å². The van der Waals surface area contributed by atoms with E-state index in [1.807, 2.05) is 6.07 Å². The molecule has 2 N–H and O–H groups in total. The molecular weight excluding hydrogens is 314 g/mol. The number of sulfonamides is 1. The topological polar surface area (TPSA) is 84.1 Å². The van der Waals surface area contributed by atoms with E-state index in [1.165, 1.54) is 0 Å². The van der Waals surface area contributed by atoms with Crippen LogP contribution in [0, 0.1) is 12.8 Å². The van der Waals surface area contributed by atoms with Gasteiger partial charge in [0, 0.05) is 30.8 Å². The predicted octanol–water partition coefficient (Wildman–Crippen LogP) is 2.16. The van der Waals surface area contributed by atoms with E-state index in [4.69, 9.17) is 4.74 Å². The Morgan fingerprint density at radius 1 is 1.39 bits per heavy atom. The van der Waals surface area contributed by atoms with Crippen molar-refractivity contribution in [2.75, 3.05) is 13.2 Å². The summed E-state index contributed by atoms with van der Waals surface area (Å²) in [6, 6.07) is 6.99. The van der Waals surface area contributed by atoms with Crippen molar-refractivity contribution >= 4 is 10.0 Å². The number of rotatable bonds is 5. The average molecular weight is 335 g/mol. The van der Waals surface area contributed by atoms with Gasteiger partial charge in [0.2, 0.25) is 10.0 Å². The first-order valence-electron chi connectivity index (χ1n) is 7.73. The molecule has 1 aliphatic rings. The molecule has 1 aliphatic heterocycles. The summed E-state index contributed by atoms with van der Waals surface area (Å²) in [6.07, 6.45) is 5.27. The fourth-order valence-electron chi connectivity index (χ4n) is 2.99. The van der Waals surface area contributed by atoms with Crippen molar-refractivity contribution in [3.8, 4) is 0 Å². The summed E-state index contributed by atoms with van der Waals surface area (Å²) in [5, 5.41) is 6.74. The first-order valence-corrected chi connectivity index (χ1v) is 9.22. The number of nitrogens with zero attached hydrogens (tertiary/aromatic N) is 1. The van der Waals surface area contributed by atoms with Crippen molar-refractivity contribution in [2.24, 2.45) is 5.92 Å². The van der Waals surface area contributed by atoms with Gasteiger partial charge < -0.3 is 4.74 Å². The lowest BCUT2D eigenvalue weighted by atomic mass is 9.91. The maximum absolute atomic E-state index is 12.5. The summed E-state index contributed by atoms with van der Waals surface area (Å²) in [7, 11) is -3.51. The van der Waals surface area contributed by atoms with Gasteiger partial charge >= 0.3 is 0 Å². The second kappa shape index (κ2) is 6.82. The van der Waals surface area contributed by atoms with Crippen LogP contribution in [0.25, 0.3) is 0 Å². The molecule has 3 rings (SSSR count). The molecular formula is C16H21N3O3S. The summed E-state index contributed by atoms with van der Waals surface area (Å²) >= 11 is 0. The third-order valence-corrected chi connectivity index (χ3v) is 5.80. The van der Waals surface area contributed by atoms with Crippen molar-refractivity contribution in [1.29, 1.82) is 0 Å². The molecule has 0 aliphatic carbocycles. The molecule has 0 saturated carbocycles. The molecule has 6 nitrogen and oxygen atoms in total. The lowest BCUT2D eigenvalue weighted by Crippen LogP contribution is -2.35. The van der Waals surface area contributed by atoms with Crippen molar-refractivity contribution in [3.05, 3.63) is 47.8 Å². The lowest BCUT2D eigenvalue weighted by molar-refractivity contribution is -0.0262. The van der Waals surface area contributed by atoms with Crippen LogP contribution in [-0.2, 0) is 14.8 Å². The second-order valence-electron chi connectivity index (χ2n) is 5.84. The Morgan fingerprint density at radius 3 is 2.96 bits per heavy atom. The minimum atomic E-state index is -3.51. The van der Waals surface area contributed by atoms with Crippen LogP contribution in [0.5, 0.6) is 0 Å². The highest BCUT2D eigenvalue weighted by atomic mass is 32.2. The first kappa shape index (κ1) is 16.2. The van der Waals surface area contributed by atoms with Gasteiger partial charge in [-0.2, -0.15) is 5.10 Å². The summed E-state index contributed by atoms with van der Waals surface area (Å²) in [6.45, 7) is 2.84. The Labute approximate surface area is 136 Å². The van der Waals surface area contributed by atoms with Gasteiger partial charge in [-0.3, -0.25) is 5.10 Å². The van der Waals surface area contributed by atoms with Gasteiger partial charge in [-0.15, -0.1) is 0 Å². The van der Waals surface area contributed by atoms with E-state index >= 15 is 0 Å². The molecule has 2 heterocycles. The van der Waals surface area contributed by atoms with Crippen molar-refractivity contribution in [1.82, 2.24) is 14.9 Å². The highest BCUT2D eigenvalue weighted by Gasteiger charge is 2.29. The van der Waals surface area contributed by atoms with Crippen LogP contribution in [0.3, 0.4) is 0 Å². The maximum Gasteiger partial charge on any atom is 0.240 e. The molecule has 124 valence electrons. The van der Waals surface area contributed by atoms with Gasteiger partial charge in [0.1, 0.15) is 0 Å². The van der Waals surface area contributed by atoms with Crippen LogP contribution in [-0.4, -0.2) is 31.8 Å². The predicted molar refractivity (Wildman–Crippen MR) is 86.4 cm³/mol.